The summed E-state index contributed by atoms with van der Waals surface area (Å²) in [6.45, 7) is 1.83. The zero-order chi connectivity index (χ0) is 9.14. The summed E-state index contributed by atoms with van der Waals surface area (Å²) >= 11 is 5.68. The van der Waals surface area contributed by atoms with Gasteiger partial charge in [-0.3, -0.25) is 9.59 Å². The molecule has 0 N–H and O–H groups in total. The van der Waals surface area contributed by atoms with Gasteiger partial charge >= 0.3 is 0 Å². The number of carbonyl (C=O) groups excluding carboxylic acids is 2. The highest BCUT2D eigenvalue weighted by molar-refractivity contribution is 6.35. The molecule has 0 radical (unpaired) electrons. The van der Waals surface area contributed by atoms with Gasteiger partial charge in [0.25, 0.3) is 5.78 Å². The molecule has 0 bridgehead atoms. The normalized spacial score (nSPS) is 9.83. The Balaban J connectivity index is 3.15. The molecule has 1 aromatic heterocycles. The predicted molar refractivity (Wildman–Crippen MR) is 43.5 cm³/mol. The molecule has 4 heteroatoms. The summed E-state index contributed by atoms with van der Waals surface area (Å²) in [6, 6.07) is 0. The number of aldehydes is 1. The Labute approximate surface area is 74.3 Å². The zero-order valence-corrected chi connectivity index (χ0v) is 7.22. The average molecular weight is 187 g/mol. The van der Waals surface area contributed by atoms with Crippen molar-refractivity contribution in [2.75, 3.05) is 0 Å². The zero-order valence-electron chi connectivity index (χ0n) is 6.46. The minimum atomic E-state index is -0.668. The fourth-order valence-corrected chi connectivity index (χ4v) is 1.22. The number of Topliss-reactive ketones (excluding diaryl/α,β-unsaturated/α-hetero) is 1. The Bertz CT molecular complexity index is 314. The number of hydrogen-bond donors (Lipinski definition) is 0. The van der Waals surface area contributed by atoms with Crippen molar-refractivity contribution in [3.05, 3.63) is 22.6 Å². The molecule has 0 atom stereocenters. The summed E-state index contributed by atoms with van der Waals surface area (Å²) in [6.07, 6.45) is 2.05. The van der Waals surface area contributed by atoms with Gasteiger partial charge < -0.3 is 4.42 Å². The molecule has 1 aromatic rings. The fourth-order valence-electron chi connectivity index (χ4n) is 0.951. The second kappa shape index (κ2) is 3.54. The topological polar surface area (TPSA) is 47.3 Å². The highest BCUT2D eigenvalue weighted by atomic mass is 35.5. The molecule has 0 saturated carbocycles. The van der Waals surface area contributed by atoms with Gasteiger partial charge in [-0.25, -0.2) is 0 Å². The van der Waals surface area contributed by atoms with Crippen molar-refractivity contribution in [1.82, 2.24) is 0 Å². The maximum Gasteiger partial charge on any atom is 0.260 e. The molecule has 0 amide bonds. The van der Waals surface area contributed by atoms with Gasteiger partial charge in [-0.1, -0.05) is 18.5 Å². The van der Waals surface area contributed by atoms with Gasteiger partial charge in [-0.15, -0.1) is 0 Å². The van der Waals surface area contributed by atoms with Gasteiger partial charge in [0.15, 0.2) is 12.0 Å². The quantitative estimate of drug-likeness (QED) is 0.411. The lowest BCUT2D eigenvalue weighted by atomic mass is 10.1. The third-order valence-electron chi connectivity index (χ3n) is 1.53. The van der Waals surface area contributed by atoms with Crippen LogP contribution in [0.4, 0.5) is 0 Å². The molecule has 3 nitrogen and oxygen atoms in total. The minimum Gasteiger partial charge on any atom is -0.459 e. The lowest BCUT2D eigenvalue weighted by molar-refractivity contribution is -0.104. The first kappa shape index (κ1) is 9.00. The van der Waals surface area contributed by atoms with Crippen LogP contribution in [0.5, 0.6) is 0 Å². The highest BCUT2D eigenvalue weighted by Crippen LogP contribution is 2.22. The summed E-state index contributed by atoms with van der Waals surface area (Å²) < 4.78 is 4.83. The number of hydrogen-bond acceptors (Lipinski definition) is 3. The van der Waals surface area contributed by atoms with Crippen LogP contribution in [-0.4, -0.2) is 12.1 Å². The maximum atomic E-state index is 10.9. The monoisotopic (exact) mass is 186 g/mol. The van der Waals surface area contributed by atoms with E-state index in [0.29, 0.717) is 17.0 Å². The Morgan fingerprint density at radius 3 is 2.92 bits per heavy atom. The van der Waals surface area contributed by atoms with Gasteiger partial charge in [0.05, 0.1) is 5.02 Å². The molecule has 0 aromatic carbocycles. The van der Waals surface area contributed by atoms with E-state index in [2.05, 4.69) is 0 Å². The number of rotatable bonds is 3. The largest absolute Gasteiger partial charge is 0.459 e. The Kier molecular flexibility index (Phi) is 2.65. The van der Waals surface area contributed by atoms with E-state index < -0.39 is 5.78 Å². The summed E-state index contributed by atoms with van der Waals surface area (Å²) in [5, 5.41) is 0.391. The van der Waals surface area contributed by atoms with Crippen LogP contribution in [-0.2, 0) is 11.2 Å². The van der Waals surface area contributed by atoms with E-state index in [0.717, 1.165) is 0 Å². The van der Waals surface area contributed by atoms with Crippen molar-refractivity contribution in [2.24, 2.45) is 0 Å². The van der Waals surface area contributed by atoms with Crippen LogP contribution < -0.4 is 0 Å². The molecular weight excluding hydrogens is 180 g/mol. The van der Waals surface area contributed by atoms with Gasteiger partial charge in [0.1, 0.15) is 6.26 Å². The molecule has 0 unspecified atom stereocenters. The van der Waals surface area contributed by atoms with Crippen LogP contribution in [0.15, 0.2) is 10.7 Å². The third kappa shape index (κ3) is 1.41. The first-order valence-corrected chi connectivity index (χ1v) is 3.83. The van der Waals surface area contributed by atoms with E-state index in [1.807, 2.05) is 6.92 Å². The Morgan fingerprint density at radius 2 is 2.42 bits per heavy atom. The minimum absolute atomic E-state index is 0.0532. The number of ketones is 1. The van der Waals surface area contributed by atoms with Crippen LogP contribution >= 0.6 is 11.6 Å². The smallest absolute Gasteiger partial charge is 0.260 e. The average Bonchev–Trinajstić information content (AvgIpc) is 2.45. The molecule has 0 aliphatic carbocycles. The van der Waals surface area contributed by atoms with Crippen LogP contribution in [0.25, 0.3) is 0 Å². The van der Waals surface area contributed by atoms with E-state index in [1.54, 1.807) is 0 Å². The summed E-state index contributed by atoms with van der Waals surface area (Å²) in [5.74, 6) is -0.615. The molecule has 0 aliphatic heterocycles. The fraction of sp³-hybridized carbons (Fsp3) is 0.250. The van der Waals surface area contributed by atoms with E-state index in [-0.39, 0.29) is 12.0 Å². The van der Waals surface area contributed by atoms with Gasteiger partial charge in [-0.2, -0.15) is 0 Å². The molecule has 0 fully saturated rings. The van der Waals surface area contributed by atoms with E-state index in [4.69, 9.17) is 16.0 Å². The number of halogens is 1. The SMILES string of the molecule is CCc1c(Cl)coc1C(=O)C=O. The molecule has 1 rings (SSSR count). The van der Waals surface area contributed by atoms with Crippen LogP contribution in [0, 0.1) is 0 Å². The van der Waals surface area contributed by atoms with Crippen LogP contribution in [0.3, 0.4) is 0 Å². The number of furan rings is 1. The second-order valence-electron chi connectivity index (χ2n) is 2.23. The van der Waals surface area contributed by atoms with E-state index in [1.165, 1.54) is 6.26 Å². The molecule has 1 heterocycles. The van der Waals surface area contributed by atoms with Crippen molar-refractivity contribution in [3.8, 4) is 0 Å². The molecule has 0 spiro atoms. The van der Waals surface area contributed by atoms with E-state index >= 15 is 0 Å². The second-order valence-corrected chi connectivity index (χ2v) is 2.63. The maximum absolute atomic E-state index is 10.9. The van der Waals surface area contributed by atoms with Gasteiger partial charge in [0, 0.05) is 5.56 Å². The van der Waals surface area contributed by atoms with Crippen LogP contribution in [0.1, 0.15) is 23.0 Å². The molecule has 12 heavy (non-hydrogen) atoms. The Hall–Kier alpha value is -1.09. The summed E-state index contributed by atoms with van der Waals surface area (Å²) in [4.78, 5) is 21.0. The predicted octanol–water partition coefficient (Wildman–Crippen LogP) is 1.88. The van der Waals surface area contributed by atoms with Gasteiger partial charge in [0.2, 0.25) is 0 Å². The first-order chi connectivity index (χ1) is 5.70. The first-order valence-electron chi connectivity index (χ1n) is 3.46. The molecule has 0 aliphatic rings. The molecule has 0 saturated heterocycles. The lowest BCUT2D eigenvalue weighted by Gasteiger charge is -1.92. The van der Waals surface area contributed by atoms with Gasteiger partial charge in [-0.05, 0) is 6.42 Å². The van der Waals surface area contributed by atoms with Crippen molar-refractivity contribution < 1.29 is 14.0 Å². The molecular formula is C8H7ClO3. The van der Waals surface area contributed by atoms with Crippen molar-refractivity contribution in [2.45, 2.75) is 13.3 Å². The third-order valence-corrected chi connectivity index (χ3v) is 1.84. The van der Waals surface area contributed by atoms with Crippen molar-refractivity contribution in [3.63, 3.8) is 0 Å². The summed E-state index contributed by atoms with van der Waals surface area (Å²) in [7, 11) is 0. The van der Waals surface area contributed by atoms with Crippen molar-refractivity contribution in [1.29, 1.82) is 0 Å². The highest BCUT2D eigenvalue weighted by Gasteiger charge is 2.16. The summed E-state index contributed by atoms with van der Waals surface area (Å²) in [5.41, 5.74) is 0.591. The lowest BCUT2D eigenvalue weighted by Crippen LogP contribution is -2.01. The van der Waals surface area contributed by atoms with Crippen LogP contribution in [0.2, 0.25) is 5.02 Å². The van der Waals surface area contributed by atoms with Crippen molar-refractivity contribution >= 4 is 23.7 Å². The molecule has 64 valence electrons. The number of carbonyl (C=O) groups is 2. The standard InChI is InChI=1S/C8H7ClO3/c1-2-5-6(9)4-12-8(5)7(11)3-10/h3-4H,2H2,1H3. The van der Waals surface area contributed by atoms with E-state index in [9.17, 15) is 9.59 Å². The Morgan fingerprint density at radius 1 is 1.75 bits per heavy atom.